The van der Waals surface area contributed by atoms with Gasteiger partial charge in [-0.25, -0.2) is 0 Å². The van der Waals surface area contributed by atoms with Crippen molar-refractivity contribution in [3.05, 3.63) is 51.2 Å². The number of hydrogen-bond donors (Lipinski definition) is 0. The van der Waals surface area contributed by atoms with Gasteiger partial charge in [-0.3, -0.25) is 9.78 Å². The van der Waals surface area contributed by atoms with E-state index in [2.05, 4.69) is 20.9 Å². The molecule has 0 fully saturated rings. The summed E-state index contributed by atoms with van der Waals surface area (Å²) in [5.41, 5.74) is 1.32. The normalized spacial score (nSPS) is 10.2. The Labute approximate surface area is 129 Å². The number of benzene rings is 1. The minimum atomic E-state index is 0.295. The fraction of sp³-hybridized carbons (Fsp3) is 0.143. The van der Waals surface area contributed by atoms with Crippen molar-refractivity contribution in [3.63, 3.8) is 0 Å². The minimum Gasteiger partial charge on any atom is -0.493 e. The first-order valence-electron chi connectivity index (χ1n) is 5.69. The summed E-state index contributed by atoms with van der Waals surface area (Å²) in [6.07, 6.45) is 4.09. The average Bonchev–Trinajstić information content (AvgIpc) is 2.45. The van der Waals surface area contributed by atoms with Crippen LogP contribution in [0.5, 0.6) is 11.5 Å². The van der Waals surface area contributed by atoms with Crippen molar-refractivity contribution >= 4 is 33.8 Å². The first kappa shape index (κ1) is 14.8. The van der Waals surface area contributed by atoms with E-state index in [1.807, 2.05) is 6.07 Å². The van der Waals surface area contributed by atoms with Gasteiger partial charge in [-0.1, -0.05) is 11.6 Å². The lowest BCUT2D eigenvalue weighted by Crippen LogP contribution is -2.00. The molecule has 104 valence electrons. The van der Waals surface area contributed by atoms with Crippen LogP contribution in [0.4, 0.5) is 0 Å². The lowest BCUT2D eigenvalue weighted by atomic mass is 10.2. The monoisotopic (exact) mass is 355 g/mol. The second-order valence-electron chi connectivity index (χ2n) is 3.95. The molecular weight excluding hydrogens is 346 g/mol. The number of aromatic nitrogens is 1. The van der Waals surface area contributed by atoms with Crippen LogP contribution in [0.1, 0.15) is 15.9 Å². The number of hydrogen-bond acceptors (Lipinski definition) is 4. The number of carbonyl (C=O) groups excluding carboxylic acids is 1. The van der Waals surface area contributed by atoms with E-state index in [1.54, 1.807) is 18.5 Å². The Hall–Kier alpha value is -1.59. The van der Waals surface area contributed by atoms with Crippen LogP contribution in [-0.4, -0.2) is 18.4 Å². The van der Waals surface area contributed by atoms with Crippen LogP contribution < -0.4 is 9.47 Å². The highest BCUT2D eigenvalue weighted by atomic mass is 79.9. The molecule has 0 aliphatic carbocycles. The van der Waals surface area contributed by atoms with Crippen molar-refractivity contribution in [2.45, 2.75) is 6.61 Å². The van der Waals surface area contributed by atoms with E-state index < -0.39 is 0 Å². The zero-order valence-electron chi connectivity index (χ0n) is 10.6. The third-order valence-corrected chi connectivity index (χ3v) is 3.25. The Morgan fingerprint density at radius 2 is 2.15 bits per heavy atom. The summed E-state index contributed by atoms with van der Waals surface area (Å²) >= 11 is 9.44. The van der Waals surface area contributed by atoms with Crippen molar-refractivity contribution in [2.24, 2.45) is 0 Å². The van der Waals surface area contributed by atoms with Gasteiger partial charge in [0, 0.05) is 28.0 Å². The van der Waals surface area contributed by atoms with E-state index in [1.165, 1.54) is 13.2 Å². The average molecular weight is 357 g/mol. The molecule has 1 aromatic heterocycles. The molecular formula is C14H11BrClNO3. The third-order valence-electron chi connectivity index (χ3n) is 2.53. The summed E-state index contributed by atoms with van der Waals surface area (Å²) in [5, 5.41) is 0.328. The number of carbonyl (C=O) groups is 1. The number of methoxy groups -OCH3 is 1. The van der Waals surface area contributed by atoms with Crippen molar-refractivity contribution in [1.29, 1.82) is 0 Å². The van der Waals surface area contributed by atoms with Crippen LogP contribution in [0.15, 0.2) is 35.1 Å². The third kappa shape index (κ3) is 3.49. The topological polar surface area (TPSA) is 48.4 Å². The molecule has 0 unspecified atom stereocenters. The number of rotatable bonds is 5. The molecule has 0 saturated heterocycles. The van der Waals surface area contributed by atoms with Crippen molar-refractivity contribution in [3.8, 4) is 11.5 Å². The van der Waals surface area contributed by atoms with Crippen LogP contribution in [0.25, 0.3) is 0 Å². The van der Waals surface area contributed by atoms with Gasteiger partial charge >= 0.3 is 0 Å². The van der Waals surface area contributed by atoms with Gasteiger partial charge in [0.15, 0.2) is 11.5 Å². The Bertz CT molecular complexity index is 634. The summed E-state index contributed by atoms with van der Waals surface area (Å²) in [4.78, 5) is 14.8. The molecule has 20 heavy (non-hydrogen) atoms. The molecule has 6 heteroatoms. The Morgan fingerprint density at radius 1 is 1.35 bits per heavy atom. The van der Waals surface area contributed by atoms with Gasteiger partial charge in [0.05, 0.1) is 12.1 Å². The van der Waals surface area contributed by atoms with Crippen molar-refractivity contribution in [1.82, 2.24) is 4.98 Å². The number of ether oxygens (including phenoxy) is 2. The van der Waals surface area contributed by atoms with Crippen LogP contribution in [-0.2, 0) is 6.61 Å². The van der Waals surface area contributed by atoms with Gasteiger partial charge < -0.3 is 9.47 Å². The highest BCUT2D eigenvalue weighted by Gasteiger charge is 2.12. The van der Waals surface area contributed by atoms with Gasteiger partial charge in [-0.2, -0.15) is 0 Å². The Morgan fingerprint density at radius 3 is 2.80 bits per heavy atom. The Balaban J connectivity index is 2.22. The van der Waals surface area contributed by atoms with Crippen LogP contribution in [0.2, 0.25) is 5.02 Å². The molecule has 1 aromatic carbocycles. The van der Waals surface area contributed by atoms with E-state index in [4.69, 9.17) is 21.1 Å². The van der Waals surface area contributed by atoms with E-state index in [0.717, 1.165) is 10.0 Å². The second-order valence-corrected chi connectivity index (χ2v) is 5.27. The molecule has 0 amide bonds. The molecule has 0 N–H and O–H groups in total. The molecule has 0 saturated carbocycles. The molecule has 0 bridgehead atoms. The zero-order chi connectivity index (χ0) is 14.5. The highest BCUT2D eigenvalue weighted by molar-refractivity contribution is 9.10. The maximum atomic E-state index is 10.8. The number of pyridine rings is 1. The predicted molar refractivity (Wildman–Crippen MR) is 79.7 cm³/mol. The van der Waals surface area contributed by atoms with Crippen molar-refractivity contribution in [2.75, 3.05) is 7.11 Å². The molecule has 4 nitrogen and oxygen atoms in total. The van der Waals surface area contributed by atoms with E-state index in [0.29, 0.717) is 35.0 Å². The van der Waals surface area contributed by atoms with Gasteiger partial charge in [0.2, 0.25) is 0 Å². The van der Waals surface area contributed by atoms with E-state index >= 15 is 0 Å². The van der Waals surface area contributed by atoms with Gasteiger partial charge in [-0.15, -0.1) is 0 Å². The molecule has 0 spiro atoms. The molecule has 0 radical (unpaired) electrons. The molecule has 1 heterocycles. The number of halogens is 2. The fourth-order valence-electron chi connectivity index (χ4n) is 1.64. The standard InChI is InChI=1S/C14H11BrClNO3/c1-19-13-4-9(7-18)3-12(16)14(13)20-8-10-2-11(15)6-17-5-10/h2-7H,8H2,1H3. The Kier molecular flexibility index (Phi) is 4.98. The first-order valence-corrected chi connectivity index (χ1v) is 6.86. The first-order chi connectivity index (χ1) is 9.63. The second kappa shape index (κ2) is 6.72. The summed E-state index contributed by atoms with van der Waals surface area (Å²) < 4.78 is 11.7. The molecule has 2 rings (SSSR count). The number of nitrogens with zero attached hydrogens (tertiary/aromatic N) is 1. The largest absolute Gasteiger partial charge is 0.493 e. The summed E-state index contributed by atoms with van der Waals surface area (Å²) in [6, 6.07) is 5.01. The fourth-order valence-corrected chi connectivity index (χ4v) is 2.32. The zero-order valence-corrected chi connectivity index (χ0v) is 12.9. The summed E-state index contributed by atoms with van der Waals surface area (Å²) in [5.74, 6) is 0.822. The van der Waals surface area contributed by atoms with Crippen molar-refractivity contribution < 1.29 is 14.3 Å². The molecule has 0 aliphatic rings. The summed E-state index contributed by atoms with van der Waals surface area (Å²) in [7, 11) is 1.49. The smallest absolute Gasteiger partial charge is 0.180 e. The summed E-state index contributed by atoms with van der Waals surface area (Å²) in [6.45, 7) is 0.295. The van der Waals surface area contributed by atoms with E-state index in [-0.39, 0.29) is 0 Å². The van der Waals surface area contributed by atoms with Gasteiger partial charge in [-0.05, 0) is 34.1 Å². The highest BCUT2D eigenvalue weighted by Crippen LogP contribution is 2.36. The molecule has 0 atom stereocenters. The van der Waals surface area contributed by atoms with Crippen LogP contribution in [0, 0.1) is 0 Å². The quantitative estimate of drug-likeness (QED) is 0.762. The predicted octanol–water partition coefficient (Wildman–Crippen LogP) is 3.90. The molecule has 2 aromatic rings. The lowest BCUT2D eigenvalue weighted by Gasteiger charge is -2.13. The molecule has 0 aliphatic heterocycles. The lowest BCUT2D eigenvalue weighted by molar-refractivity contribution is 0.112. The van der Waals surface area contributed by atoms with Gasteiger partial charge in [0.25, 0.3) is 0 Å². The maximum absolute atomic E-state index is 10.8. The van der Waals surface area contributed by atoms with E-state index in [9.17, 15) is 4.79 Å². The van der Waals surface area contributed by atoms with Crippen LogP contribution in [0.3, 0.4) is 0 Å². The van der Waals surface area contributed by atoms with Gasteiger partial charge in [0.1, 0.15) is 12.9 Å². The maximum Gasteiger partial charge on any atom is 0.180 e. The minimum absolute atomic E-state index is 0.295. The van der Waals surface area contributed by atoms with Crippen LogP contribution >= 0.6 is 27.5 Å². The number of aldehydes is 1. The SMILES string of the molecule is COc1cc(C=O)cc(Cl)c1OCc1cncc(Br)c1.